The zero-order valence-corrected chi connectivity index (χ0v) is 13.2. The van der Waals surface area contributed by atoms with Gasteiger partial charge in [-0.15, -0.1) is 24.8 Å². The summed E-state index contributed by atoms with van der Waals surface area (Å²) in [5.41, 5.74) is 6.67. The number of anilines is 1. The van der Waals surface area contributed by atoms with E-state index in [0.717, 1.165) is 11.9 Å². The fourth-order valence-corrected chi connectivity index (χ4v) is 1.72. The SMILES string of the molecule is CN(CC(=O)NCCCN)c1ncnc2nc[nH]c12.Cl.Cl. The van der Waals surface area contributed by atoms with Gasteiger partial charge in [0, 0.05) is 13.6 Å². The summed E-state index contributed by atoms with van der Waals surface area (Å²) in [6, 6.07) is 0. The molecule has 10 heteroatoms. The first-order valence-corrected chi connectivity index (χ1v) is 6.04. The first-order chi connectivity index (χ1) is 9.22. The van der Waals surface area contributed by atoms with Crippen LogP contribution in [0.1, 0.15) is 6.42 Å². The van der Waals surface area contributed by atoms with Crippen LogP contribution in [0.25, 0.3) is 11.2 Å². The third kappa shape index (κ3) is 5.00. The number of nitrogens with two attached hydrogens (primary N) is 1. The molecule has 0 spiro atoms. The van der Waals surface area contributed by atoms with Crippen LogP contribution in [0.3, 0.4) is 0 Å². The molecule has 0 saturated heterocycles. The lowest BCUT2D eigenvalue weighted by atomic mass is 10.4. The van der Waals surface area contributed by atoms with Gasteiger partial charge in [-0.3, -0.25) is 4.79 Å². The zero-order valence-electron chi connectivity index (χ0n) is 11.6. The molecule has 4 N–H and O–H groups in total. The molecule has 2 aromatic rings. The summed E-state index contributed by atoms with van der Waals surface area (Å²) in [7, 11) is 1.80. The van der Waals surface area contributed by atoms with Crippen molar-refractivity contribution in [2.24, 2.45) is 5.73 Å². The number of halogens is 2. The van der Waals surface area contributed by atoms with Crippen LogP contribution in [0.4, 0.5) is 5.82 Å². The average molecular weight is 336 g/mol. The molecule has 8 nitrogen and oxygen atoms in total. The lowest BCUT2D eigenvalue weighted by molar-refractivity contribution is -0.119. The second-order valence-corrected chi connectivity index (χ2v) is 4.15. The summed E-state index contributed by atoms with van der Waals surface area (Å²) < 4.78 is 0. The number of likely N-dealkylation sites (N-methyl/N-ethyl adjacent to an activating group) is 1. The van der Waals surface area contributed by atoms with Crippen LogP contribution in [0.2, 0.25) is 0 Å². The fourth-order valence-electron chi connectivity index (χ4n) is 1.72. The lowest BCUT2D eigenvalue weighted by Gasteiger charge is -2.17. The fraction of sp³-hybridized carbons (Fsp3) is 0.455. The van der Waals surface area contributed by atoms with Crippen molar-refractivity contribution in [1.29, 1.82) is 0 Å². The summed E-state index contributed by atoms with van der Waals surface area (Å²) in [4.78, 5) is 28.7. The minimum Gasteiger partial charge on any atom is -0.355 e. The predicted octanol–water partition coefficient (Wildman–Crippen LogP) is 0.0977. The molecule has 0 bridgehead atoms. The largest absolute Gasteiger partial charge is 0.355 e. The number of aromatic nitrogens is 4. The molecule has 0 aliphatic rings. The third-order valence-corrected chi connectivity index (χ3v) is 2.65. The summed E-state index contributed by atoms with van der Waals surface area (Å²) in [6.07, 6.45) is 3.76. The van der Waals surface area contributed by atoms with Crippen molar-refractivity contribution in [2.45, 2.75) is 6.42 Å². The number of imidazole rings is 1. The number of hydrogen-bond donors (Lipinski definition) is 3. The van der Waals surface area contributed by atoms with Gasteiger partial charge in [-0.25, -0.2) is 15.0 Å². The topological polar surface area (TPSA) is 113 Å². The highest BCUT2D eigenvalue weighted by atomic mass is 35.5. The van der Waals surface area contributed by atoms with Gasteiger partial charge in [0.05, 0.1) is 12.9 Å². The summed E-state index contributed by atoms with van der Waals surface area (Å²) in [5, 5.41) is 2.80. The molecule has 2 rings (SSSR count). The first-order valence-electron chi connectivity index (χ1n) is 6.04. The van der Waals surface area contributed by atoms with E-state index in [9.17, 15) is 4.79 Å². The van der Waals surface area contributed by atoms with Gasteiger partial charge in [0.15, 0.2) is 11.5 Å². The molecule has 0 aromatic carbocycles. The number of H-pyrrole nitrogens is 1. The Morgan fingerprint density at radius 3 is 2.86 bits per heavy atom. The molecule has 0 unspecified atom stereocenters. The van der Waals surface area contributed by atoms with E-state index in [4.69, 9.17) is 5.73 Å². The Bertz CT molecular complexity index is 562. The quantitative estimate of drug-likeness (QED) is 0.645. The van der Waals surface area contributed by atoms with Gasteiger partial charge >= 0.3 is 0 Å². The van der Waals surface area contributed by atoms with Crippen LogP contribution in [0.15, 0.2) is 12.7 Å². The smallest absolute Gasteiger partial charge is 0.239 e. The van der Waals surface area contributed by atoms with E-state index in [0.29, 0.717) is 24.6 Å². The van der Waals surface area contributed by atoms with Gasteiger partial charge < -0.3 is 20.9 Å². The van der Waals surface area contributed by atoms with Crippen molar-refractivity contribution < 1.29 is 4.79 Å². The monoisotopic (exact) mass is 335 g/mol. The minimum absolute atomic E-state index is 0. The highest BCUT2D eigenvalue weighted by Gasteiger charge is 2.13. The first kappa shape index (κ1) is 19.4. The van der Waals surface area contributed by atoms with Gasteiger partial charge in [0.1, 0.15) is 11.8 Å². The molecule has 0 saturated carbocycles. The van der Waals surface area contributed by atoms with Crippen molar-refractivity contribution in [1.82, 2.24) is 25.3 Å². The maximum atomic E-state index is 11.7. The molecule has 2 heterocycles. The molecule has 0 atom stereocenters. The molecule has 0 aliphatic heterocycles. The Morgan fingerprint density at radius 1 is 1.38 bits per heavy atom. The molecular weight excluding hydrogens is 317 g/mol. The number of hydrogen-bond acceptors (Lipinski definition) is 6. The zero-order chi connectivity index (χ0) is 13.7. The lowest BCUT2D eigenvalue weighted by Crippen LogP contribution is -2.36. The van der Waals surface area contributed by atoms with Gasteiger partial charge in [0.2, 0.25) is 5.91 Å². The number of rotatable bonds is 6. The van der Waals surface area contributed by atoms with Gasteiger partial charge in [-0.05, 0) is 13.0 Å². The van der Waals surface area contributed by atoms with Crippen LogP contribution >= 0.6 is 24.8 Å². The van der Waals surface area contributed by atoms with E-state index in [-0.39, 0.29) is 37.3 Å². The highest BCUT2D eigenvalue weighted by molar-refractivity contribution is 5.87. The van der Waals surface area contributed by atoms with Crippen molar-refractivity contribution in [3.63, 3.8) is 0 Å². The standard InChI is InChI=1S/C11H17N7O.2ClH/c1-18(5-8(19)13-4-2-3-12)11-9-10(15-6-14-9)16-7-17-11;;/h6-7H,2-5,12H2,1H3,(H,13,19)(H,14,15,16,17);2*1H. The average Bonchev–Trinajstić information content (AvgIpc) is 2.86. The number of aromatic amines is 1. The molecule has 21 heavy (non-hydrogen) atoms. The normalized spacial score (nSPS) is 9.62. The molecule has 0 fully saturated rings. The Hall–Kier alpha value is -1.64. The van der Waals surface area contributed by atoms with Crippen molar-refractivity contribution in [3.05, 3.63) is 12.7 Å². The summed E-state index contributed by atoms with van der Waals surface area (Å²) in [6.45, 7) is 1.37. The molecular formula is C11H19Cl2N7O. The Morgan fingerprint density at radius 2 is 2.14 bits per heavy atom. The molecule has 0 aliphatic carbocycles. The maximum Gasteiger partial charge on any atom is 0.239 e. The highest BCUT2D eigenvalue weighted by Crippen LogP contribution is 2.17. The Labute approximate surface area is 134 Å². The maximum absolute atomic E-state index is 11.7. The van der Waals surface area contributed by atoms with Crippen molar-refractivity contribution >= 4 is 47.7 Å². The second kappa shape index (κ2) is 9.32. The minimum atomic E-state index is -0.0674. The van der Waals surface area contributed by atoms with E-state index >= 15 is 0 Å². The third-order valence-electron chi connectivity index (χ3n) is 2.65. The van der Waals surface area contributed by atoms with Gasteiger partial charge in [-0.2, -0.15) is 0 Å². The van der Waals surface area contributed by atoms with Crippen LogP contribution < -0.4 is 16.0 Å². The number of fused-ring (bicyclic) bond motifs is 1. The number of amides is 1. The number of carbonyl (C=O) groups is 1. The molecule has 2 aromatic heterocycles. The van der Waals surface area contributed by atoms with Crippen LogP contribution in [-0.2, 0) is 4.79 Å². The molecule has 1 amide bonds. The second-order valence-electron chi connectivity index (χ2n) is 4.15. The summed E-state index contributed by atoms with van der Waals surface area (Å²) in [5.74, 6) is 0.582. The molecule has 0 radical (unpaired) electrons. The number of nitrogens with zero attached hydrogens (tertiary/aromatic N) is 4. The Kier molecular flexibility index (Phi) is 8.60. The van der Waals surface area contributed by atoms with Gasteiger partial charge in [-0.1, -0.05) is 0 Å². The van der Waals surface area contributed by atoms with Crippen LogP contribution in [-0.4, -0.2) is 52.5 Å². The van der Waals surface area contributed by atoms with Crippen LogP contribution in [0.5, 0.6) is 0 Å². The number of carbonyl (C=O) groups excluding carboxylic acids is 1. The van der Waals surface area contributed by atoms with E-state index in [1.807, 2.05) is 0 Å². The Balaban J connectivity index is 0.00000200. The van der Waals surface area contributed by atoms with E-state index in [1.54, 1.807) is 18.3 Å². The van der Waals surface area contributed by atoms with E-state index in [2.05, 4.69) is 25.3 Å². The van der Waals surface area contributed by atoms with Crippen LogP contribution in [0, 0.1) is 0 Å². The summed E-state index contributed by atoms with van der Waals surface area (Å²) >= 11 is 0. The predicted molar refractivity (Wildman–Crippen MR) is 86.1 cm³/mol. The van der Waals surface area contributed by atoms with Gasteiger partial charge in [0.25, 0.3) is 0 Å². The number of nitrogens with one attached hydrogen (secondary N) is 2. The van der Waals surface area contributed by atoms with E-state index in [1.165, 1.54) is 6.33 Å². The molecule has 118 valence electrons. The van der Waals surface area contributed by atoms with Crippen molar-refractivity contribution in [2.75, 3.05) is 31.6 Å². The van der Waals surface area contributed by atoms with E-state index < -0.39 is 0 Å². The van der Waals surface area contributed by atoms with Crippen molar-refractivity contribution in [3.8, 4) is 0 Å².